The van der Waals surface area contributed by atoms with E-state index in [0.717, 1.165) is 0 Å². The van der Waals surface area contributed by atoms with Gasteiger partial charge in [-0.05, 0) is 133 Å². The zero-order valence-electron chi connectivity index (χ0n) is 25.0. The van der Waals surface area contributed by atoms with Crippen molar-refractivity contribution in [2.75, 3.05) is 0 Å². The summed E-state index contributed by atoms with van der Waals surface area (Å²) < 4.78 is 0. The second-order valence-electron chi connectivity index (χ2n) is 12.9. The molecular formula is C46H26. The van der Waals surface area contributed by atoms with Crippen LogP contribution in [0.4, 0.5) is 0 Å². The second-order valence-corrected chi connectivity index (χ2v) is 12.9. The van der Waals surface area contributed by atoms with E-state index in [1.807, 2.05) is 0 Å². The first-order valence-corrected chi connectivity index (χ1v) is 16.1. The molecule has 0 aliphatic carbocycles. The van der Waals surface area contributed by atoms with Crippen LogP contribution in [0.25, 0.3) is 108 Å². The number of hydrogen-bond acceptors (Lipinski definition) is 0. The maximum Gasteiger partial charge on any atom is -0.00259 e. The predicted molar refractivity (Wildman–Crippen MR) is 200 cm³/mol. The average molecular weight is 579 g/mol. The van der Waals surface area contributed by atoms with Crippen molar-refractivity contribution in [3.05, 3.63) is 158 Å². The number of hydrogen-bond donors (Lipinski definition) is 0. The second kappa shape index (κ2) is 8.81. The maximum atomic E-state index is 2.41. The summed E-state index contributed by atoms with van der Waals surface area (Å²) in [5, 5.41) is 21.0. The van der Waals surface area contributed by atoms with Crippen molar-refractivity contribution in [1.29, 1.82) is 0 Å². The SMILES string of the molecule is c1cc2ccc3cc(-c4c5ccccc5c(-c5cc6ccc7cccc8ccc(c5)c6c78)c5ccccc45)cc4ccc(c1)c2c34. The van der Waals surface area contributed by atoms with Crippen molar-refractivity contribution >= 4 is 86.2 Å². The van der Waals surface area contributed by atoms with Crippen LogP contribution < -0.4 is 0 Å². The molecule has 0 spiro atoms. The molecule has 0 aromatic heterocycles. The molecular weight excluding hydrogens is 553 g/mol. The van der Waals surface area contributed by atoms with Crippen LogP contribution in [0, 0.1) is 0 Å². The van der Waals surface area contributed by atoms with E-state index in [9.17, 15) is 0 Å². The summed E-state index contributed by atoms with van der Waals surface area (Å²) in [5.74, 6) is 0. The molecule has 0 atom stereocenters. The van der Waals surface area contributed by atoms with Gasteiger partial charge in [0, 0.05) is 0 Å². The first-order chi connectivity index (χ1) is 22.8. The van der Waals surface area contributed by atoms with Crippen molar-refractivity contribution in [3.8, 4) is 22.3 Å². The topological polar surface area (TPSA) is 0 Å². The Hall–Kier alpha value is -5.98. The van der Waals surface area contributed by atoms with Crippen LogP contribution in [0.15, 0.2) is 158 Å². The minimum absolute atomic E-state index is 1.26. The molecule has 46 heavy (non-hydrogen) atoms. The third-order valence-electron chi connectivity index (χ3n) is 10.4. The molecule has 0 aliphatic heterocycles. The molecule has 0 heterocycles. The van der Waals surface area contributed by atoms with Crippen molar-refractivity contribution in [1.82, 2.24) is 0 Å². The lowest BCUT2D eigenvalue weighted by Gasteiger charge is -2.20. The lowest BCUT2D eigenvalue weighted by atomic mass is 9.83. The molecule has 11 rings (SSSR count). The van der Waals surface area contributed by atoms with Gasteiger partial charge in [0.25, 0.3) is 0 Å². The monoisotopic (exact) mass is 578 g/mol. The highest BCUT2D eigenvalue weighted by Gasteiger charge is 2.19. The fraction of sp³-hybridized carbons (Fsp3) is 0. The molecule has 0 bridgehead atoms. The standard InChI is InChI=1S/C46H26/c1-2-12-38-37(11-1)45(35-23-31-19-15-27-7-5-8-28-16-20-32(24-35)43(31)41(27)28)39-13-3-4-14-40(39)46(38)36-25-33-21-17-29-9-6-10-30-18-22-34(26-36)44(33)42(29)30/h1-26H. The molecule has 0 fully saturated rings. The Morgan fingerprint density at radius 1 is 0.217 bits per heavy atom. The van der Waals surface area contributed by atoms with Gasteiger partial charge in [0.15, 0.2) is 0 Å². The number of benzene rings is 11. The van der Waals surface area contributed by atoms with Gasteiger partial charge in [-0.1, -0.05) is 133 Å². The van der Waals surface area contributed by atoms with Crippen molar-refractivity contribution in [3.63, 3.8) is 0 Å². The summed E-state index contributed by atoms with van der Waals surface area (Å²) in [4.78, 5) is 0. The molecule has 0 N–H and O–H groups in total. The molecule has 0 unspecified atom stereocenters. The van der Waals surface area contributed by atoms with E-state index in [4.69, 9.17) is 0 Å². The molecule has 0 saturated heterocycles. The quantitative estimate of drug-likeness (QED) is 0.141. The van der Waals surface area contributed by atoms with Crippen molar-refractivity contribution < 1.29 is 0 Å². The molecule has 0 heteroatoms. The molecule has 210 valence electrons. The lowest BCUT2D eigenvalue weighted by molar-refractivity contribution is 1.70. The predicted octanol–water partition coefficient (Wildman–Crippen LogP) is 13.1. The summed E-state index contributed by atoms with van der Waals surface area (Å²) in [5.41, 5.74) is 5.14. The first-order valence-electron chi connectivity index (χ1n) is 16.1. The molecule has 0 saturated carbocycles. The minimum atomic E-state index is 1.26. The van der Waals surface area contributed by atoms with Gasteiger partial charge in [0.05, 0.1) is 0 Å². The zero-order valence-corrected chi connectivity index (χ0v) is 25.0. The first kappa shape index (κ1) is 24.4. The Labute approximate surface area is 265 Å². The third kappa shape index (κ3) is 3.18. The molecule has 0 aliphatic rings. The summed E-state index contributed by atoms with van der Waals surface area (Å²) in [7, 11) is 0. The van der Waals surface area contributed by atoms with Gasteiger partial charge in [0.2, 0.25) is 0 Å². The van der Waals surface area contributed by atoms with E-state index < -0.39 is 0 Å². The van der Waals surface area contributed by atoms with Crippen molar-refractivity contribution in [2.24, 2.45) is 0 Å². The van der Waals surface area contributed by atoms with Crippen LogP contribution in [0.3, 0.4) is 0 Å². The highest BCUT2D eigenvalue weighted by atomic mass is 14.2. The van der Waals surface area contributed by atoms with Gasteiger partial charge >= 0.3 is 0 Å². The highest BCUT2D eigenvalue weighted by Crippen LogP contribution is 2.47. The number of fused-ring (bicyclic) bond motifs is 2. The van der Waals surface area contributed by atoms with E-state index in [2.05, 4.69) is 158 Å². The fourth-order valence-electron chi connectivity index (χ4n) is 8.55. The Bertz CT molecular complexity index is 2620. The van der Waals surface area contributed by atoms with Gasteiger partial charge in [0.1, 0.15) is 0 Å². The van der Waals surface area contributed by atoms with Crippen LogP contribution in [-0.2, 0) is 0 Å². The molecule has 11 aromatic carbocycles. The van der Waals surface area contributed by atoms with Crippen LogP contribution in [0.1, 0.15) is 0 Å². The average Bonchev–Trinajstić information content (AvgIpc) is 3.11. The lowest BCUT2D eigenvalue weighted by Crippen LogP contribution is -1.92. The van der Waals surface area contributed by atoms with E-state index >= 15 is 0 Å². The largest absolute Gasteiger partial charge is 0.0616 e. The number of rotatable bonds is 2. The van der Waals surface area contributed by atoms with Crippen LogP contribution in [0.5, 0.6) is 0 Å². The summed E-state index contributed by atoms with van der Waals surface area (Å²) in [6.45, 7) is 0. The summed E-state index contributed by atoms with van der Waals surface area (Å²) >= 11 is 0. The molecule has 0 radical (unpaired) electrons. The summed E-state index contributed by atoms with van der Waals surface area (Å²) in [6, 6.07) is 59.2. The van der Waals surface area contributed by atoms with Gasteiger partial charge in [-0.25, -0.2) is 0 Å². The highest BCUT2D eigenvalue weighted by molar-refractivity contribution is 6.28. The minimum Gasteiger partial charge on any atom is -0.0616 e. The van der Waals surface area contributed by atoms with E-state index in [0.29, 0.717) is 0 Å². The van der Waals surface area contributed by atoms with Crippen LogP contribution >= 0.6 is 0 Å². The normalized spacial score (nSPS) is 12.3. The van der Waals surface area contributed by atoms with Crippen LogP contribution in [-0.4, -0.2) is 0 Å². The Morgan fingerprint density at radius 3 is 0.783 bits per heavy atom. The van der Waals surface area contributed by atoms with E-state index in [1.54, 1.807) is 0 Å². The fourth-order valence-corrected chi connectivity index (χ4v) is 8.55. The van der Waals surface area contributed by atoms with Gasteiger partial charge in [-0.15, -0.1) is 0 Å². The Morgan fingerprint density at radius 2 is 0.478 bits per heavy atom. The Kier molecular flexibility index (Phi) is 4.66. The third-order valence-corrected chi connectivity index (χ3v) is 10.4. The summed E-state index contributed by atoms with van der Waals surface area (Å²) in [6.07, 6.45) is 0. The van der Waals surface area contributed by atoms with E-state index in [1.165, 1.54) is 108 Å². The van der Waals surface area contributed by atoms with Crippen molar-refractivity contribution in [2.45, 2.75) is 0 Å². The zero-order chi connectivity index (χ0) is 29.9. The van der Waals surface area contributed by atoms with Gasteiger partial charge in [-0.2, -0.15) is 0 Å². The van der Waals surface area contributed by atoms with Gasteiger partial charge < -0.3 is 0 Å². The van der Waals surface area contributed by atoms with Crippen LogP contribution in [0.2, 0.25) is 0 Å². The molecule has 11 aromatic rings. The maximum absolute atomic E-state index is 2.41. The van der Waals surface area contributed by atoms with Gasteiger partial charge in [-0.3, -0.25) is 0 Å². The van der Waals surface area contributed by atoms with E-state index in [-0.39, 0.29) is 0 Å². The molecule has 0 amide bonds. The molecule has 0 nitrogen and oxygen atoms in total. The smallest absolute Gasteiger partial charge is 0.00259 e. The Balaban J connectivity index is 1.24.